The molecule has 3 aromatic carbocycles. The molecule has 1 heterocycles. The quantitative estimate of drug-likeness (QED) is 0.170. The van der Waals surface area contributed by atoms with Crippen molar-refractivity contribution in [3.05, 3.63) is 60.2 Å². The largest absolute Gasteiger partial charge is 0.494 e. The second-order valence-corrected chi connectivity index (χ2v) is 10.6. The van der Waals surface area contributed by atoms with Crippen molar-refractivity contribution in [2.24, 2.45) is 5.92 Å². The fraction of sp³-hybridized carbons (Fsp3) is 0.387. The van der Waals surface area contributed by atoms with Crippen molar-refractivity contribution in [3.63, 3.8) is 0 Å². The van der Waals surface area contributed by atoms with Crippen molar-refractivity contribution in [3.8, 4) is 17.2 Å². The fourth-order valence-electron chi connectivity index (χ4n) is 4.47. The number of unbranched alkanes of at least 4 members (excludes halogenated alkanes) is 2. The molecule has 4 rings (SSSR count). The Hall–Kier alpha value is -3.47. The van der Waals surface area contributed by atoms with E-state index >= 15 is 0 Å². The van der Waals surface area contributed by atoms with E-state index in [1.165, 1.54) is 19.4 Å². The normalized spacial score (nSPS) is 11.9. The van der Waals surface area contributed by atoms with E-state index in [1.54, 1.807) is 0 Å². The number of ketones is 2. The van der Waals surface area contributed by atoms with E-state index in [2.05, 4.69) is 51.1 Å². The second kappa shape index (κ2) is 10.7. The molecule has 0 spiro atoms. The highest BCUT2D eigenvalue weighted by molar-refractivity contribution is 6.00. The van der Waals surface area contributed by atoms with Crippen molar-refractivity contribution >= 4 is 33.4 Å². The van der Waals surface area contributed by atoms with E-state index in [-0.39, 0.29) is 17.0 Å². The van der Waals surface area contributed by atoms with Gasteiger partial charge in [-0.25, -0.2) is 4.98 Å². The predicted molar refractivity (Wildman–Crippen MR) is 144 cm³/mol. The van der Waals surface area contributed by atoms with E-state index in [0.717, 1.165) is 52.4 Å². The lowest BCUT2D eigenvalue weighted by Crippen LogP contribution is -2.19. The van der Waals surface area contributed by atoms with Crippen molar-refractivity contribution < 1.29 is 18.7 Å². The van der Waals surface area contributed by atoms with Gasteiger partial charge in [-0.1, -0.05) is 51.8 Å². The van der Waals surface area contributed by atoms with Crippen molar-refractivity contribution in [1.82, 2.24) is 4.98 Å². The molecule has 0 saturated carbocycles. The van der Waals surface area contributed by atoms with Gasteiger partial charge in [0.05, 0.1) is 12.5 Å². The van der Waals surface area contributed by atoms with Crippen LogP contribution in [0.5, 0.6) is 5.75 Å². The zero-order chi connectivity index (χ0) is 25.9. The maximum atomic E-state index is 11.5. The number of hydrogen-bond donors (Lipinski definition) is 0. The van der Waals surface area contributed by atoms with Crippen LogP contribution in [0.1, 0.15) is 65.9 Å². The van der Waals surface area contributed by atoms with Crippen LogP contribution in [0.4, 0.5) is 0 Å². The highest BCUT2D eigenvalue weighted by Gasteiger charge is 2.18. The average molecular weight is 486 g/mol. The summed E-state index contributed by atoms with van der Waals surface area (Å²) in [5, 5.41) is 2.19. The zero-order valence-corrected chi connectivity index (χ0v) is 21.9. The highest BCUT2D eigenvalue weighted by atomic mass is 16.5. The third-order valence-electron chi connectivity index (χ3n) is 6.70. The summed E-state index contributed by atoms with van der Waals surface area (Å²) in [4.78, 5) is 27.8. The number of aromatic nitrogens is 1. The molecule has 4 aromatic rings. The van der Waals surface area contributed by atoms with Gasteiger partial charge in [0.15, 0.2) is 5.58 Å². The lowest BCUT2D eigenvalue weighted by Gasteiger charge is -2.18. The van der Waals surface area contributed by atoms with Gasteiger partial charge >= 0.3 is 0 Å². The molecule has 5 heteroatoms. The summed E-state index contributed by atoms with van der Waals surface area (Å²) >= 11 is 0. The molecule has 0 radical (unpaired) electrons. The fourth-order valence-corrected chi connectivity index (χ4v) is 4.47. The molecule has 0 aliphatic heterocycles. The summed E-state index contributed by atoms with van der Waals surface area (Å²) in [6, 6.07) is 18.5. The second-order valence-electron chi connectivity index (χ2n) is 10.6. The molecular formula is C31H35NO4. The number of nitrogens with zero attached hydrogens (tertiary/aromatic N) is 1. The lowest BCUT2D eigenvalue weighted by molar-refractivity contribution is -0.130. The van der Waals surface area contributed by atoms with Gasteiger partial charge in [0.1, 0.15) is 22.8 Å². The van der Waals surface area contributed by atoms with Crippen LogP contribution in [0.25, 0.3) is 33.3 Å². The van der Waals surface area contributed by atoms with Gasteiger partial charge in [-0.15, -0.1) is 0 Å². The Balaban J connectivity index is 1.37. The SMILES string of the molecule is CC(=O)C(CCCCCOc1ccc2cc(-c3nc4cc(C(C)(C)C)ccc4o3)ccc2c1)C(C)=O. The number of oxazole rings is 1. The Morgan fingerprint density at radius 2 is 1.61 bits per heavy atom. The zero-order valence-electron chi connectivity index (χ0n) is 21.9. The van der Waals surface area contributed by atoms with Crippen LogP contribution < -0.4 is 4.74 Å². The molecule has 0 aliphatic carbocycles. The first kappa shape index (κ1) is 25.6. The Morgan fingerprint density at radius 1 is 0.889 bits per heavy atom. The molecule has 0 aliphatic rings. The number of benzene rings is 3. The number of Topliss-reactive ketones (excluding diaryl/α,β-unsaturated/α-hetero) is 2. The number of carbonyl (C=O) groups is 2. The average Bonchev–Trinajstić information content (AvgIpc) is 3.25. The smallest absolute Gasteiger partial charge is 0.227 e. The summed E-state index contributed by atoms with van der Waals surface area (Å²) in [6.45, 7) is 10.2. The molecule has 0 saturated heterocycles. The topological polar surface area (TPSA) is 69.4 Å². The van der Waals surface area contributed by atoms with Crippen molar-refractivity contribution in [2.75, 3.05) is 6.61 Å². The summed E-state index contributed by atoms with van der Waals surface area (Å²) < 4.78 is 12.0. The molecule has 0 atom stereocenters. The molecule has 0 bridgehead atoms. The molecule has 0 unspecified atom stereocenters. The first-order valence-corrected chi connectivity index (χ1v) is 12.7. The van der Waals surface area contributed by atoms with Gasteiger partial charge in [0.2, 0.25) is 5.89 Å². The van der Waals surface area contributed by atoms with E-state index in [1.807, 2.05) is 24.3 Å². The van der Waals surface area contributed by atoms with Gasteiger partial charge in [-0.2, -0.15) is 0 Å². The summed E-state index contributed by atoms with van der Waals surface area (Å²) in [5.41, 5.74) is 3.90. The summed E-state index contributed by atoms with van der Waals surface area (Å²) in [7, 11) is 0. The molecule has 36 heavy (non-hydrogen) atoms. The lowest BCUT2D eigenvalue weighted by atomic mass is 9.87. The van der Waals surface area contributed by atoms with Crippen LogP contribution in [0.3, 0.4) is 0 Å². The first-order valence-electron chi connectivity index (χ1n) is 12.7. The minimum absolute atomic E-state index is 0.0381. The van der Waals surface area contributed by atoms with E-state index < -0.39 is 5.92 Å². The standard InChI is InChI=1S/C31H35NO4/c1-20(33)27(21(2)34)9-7-6-8-16-35-26-14-12-22-17-24(11-10-23(22)18-26)30-32-28-19-25(31(3,4)5)13-15-29(28)36-30/h10-15,17-19,27H,6-9,16H2,1-5H3. The Bertz CT molecular complexity index is 1380. The molecule has 188 valence electrons. The van der Waals surface area contributed by atoms with Gasteiger partial charge in [-0.3, -0.25) is 9.59 Å². The molecule has 0 N–H and O–H groups in total. The Morgan fingerprint density at radius 3 is 2.33 bits per heavy atom. The van der Waals surface area contributed by atoms with Crippen LogP contribution in [0, 0.1) is 5.92 Å². The Kier molecular flexibility index (Phi) is 7.58. The van der Waals surface area contributed by atoms with Gasteiger partial charge < -0.3 is 9.15 Å². The van der Waals surface area contributed by atoms with Crippen LogP contribution in [-0.4, -0.2) is 23.2 Å². The maximum absolute atomic E-state index is 11.5. The van der Waals surface area contributed by atoms with Gasteiger partial charge in [-0.05, 0) is 84.8 Å². The van der Waals surface area contributed by atoms with Crippen molar-refractivity contribution in [2.45, 2.75) is 65.7 Å². The minimum Gasteiger partial charge on any atom is -0.494 e. The van der Waals surface area contributed by atoms with E-state index in [9.17, 15) is 9.59 Å². The third-order valence-corrected chi connectivity index (χ3v) is 6.70. The molecule has 1 aromatic heterocycles. The number of fused-ring (bicyclic) bond motifs is 2. The summed E-state index contributed by atoms with van der Waals surface area (Å²) in [5.74, 6) is 0.923. The predicted octanol–water partition coefficient (Wildman–Crippen LogP) is 7.68. The van der Waals surface area contributed by atoms with Gasteiger partial charge in [0.25, 0.3) is 0 Å². The molecule has 5 nitrogen and oxygen atoms in total. The number of rotatable bonds is 10. The monoisotopic (exact) mass is 485 g/mol. The number of ether oxygens (including phenoxy) is 1. The number of carbonyl (C=O) groups excluding carboxylic acids is 2. The van der Waals surface area contributed by atoms with Gasteiger partial charge in [0, 0.05) is 5.56 Å². The molecular weight excluding hydrogens is 450 g/mol. The molecule has 0 fully saturated rings. The van der Waals surface area contributed by atoms with Crippen LogP contribution in [0.2, 0.25) is 0 Å². The Labute approximate surface area is 212 Å². The van der Waals surface area contributed by atoms with E-state index in [4.69, 9.17) is 14.1 Å². The minimum atomic E-state index is -0.452. The summed E-state index contributed by atoms with van der Waals surface area (Å²) in [6.07, 6.45) is 3.28. The molecule has 0 amide bonds. The highest BCUT2D eigenvalue weighted by Crippen LogP contribution is 2.31. The van der Waals surface area contributed by atoms with Crippen LogP contribution in [-0.2, 0) is 15.0 Å². The van der Waals surface area contributed by atoms with Crippen molar-refractivity contribution in [1.29, 1.82) is 0 Å². The van der Waals surface area contributed by atoms with E-state index in [0.29, 0.717) is 18.9 Å². The maximum Gasteiger partial charge on any atom is 0.227 e. The third kappa shape index (κ3) is 6.01. The number of hydrogen-bond acceptors (Lipinski definition) is 5. The van der Waals surface area contributed by atoms with Crippen LogP contribution >= 0.6 is 0 Å². The first-order chi connectivity index (χ1) is 17.1. The van der Waals surface area contributed by atoms with Crippen LogP contribution in [0.15, 0.2) is 59.0 Å².